The van der Waals surface area contributed by atoms with Crippen LogP contribution in [0.15, 0.2) is 85.5 Å². The quantitative estimate of drug-likeness (QED) is 0.344. The van der Waals surface area contributed by atoms with Crippen LogP contribution >= 0.6 is 12.2 Å². The van der Waals surface area contributed by atoms with Gasteiger partial charge in [-0.1, -0.05) is 19.1 Å². The monoisotopic (exact) mass is 496 g/mol. The molecular formula is C28H28N6OS. The Kier molecular flexibility index (Phi) is 6.77. The van der Waals surface area contributed by atoms with Gasteiger partial charge in [0.15, 0.2) is 5.11 Å². The molecule has 8 heteroatoms. The number of amides is 1. The molecule has 0 bridgehead atoms. The number of aromatic nitrogens is 3. The van der Waals surface area contributed by atoms with Crippen molar-refractivity contribution in [1.29, 1.82) is 0 Å². The standard InChI is InChI=1S/C28H28N6OS/c1-3-25(35)31-22-12-11-21(16-19(22)2)34-27(26(32-28(34)36)23-9-4-5-14-30-23)24-10-7-15-33(24)18-20-8-6-13-29-17-20/h4-17,26-27H,3,18H2,1-2H3,(H,31,35)(H,32,36)/t26-,27+/m1/s1. The topological polar surface area (TPSA) is 75.1 Å². The van der Waals surface area contributed by atoms with Crippen LogP contribution in [0.25, 0.3) is 0 Å². The van der Waals surface area contributed by atoms with Gasteiger partial charge in [0.1, 0.15) is 6.04 Å². The van der Waals surface area contributed by atoms with Gasteiger partial charge >= 0.3 is 0 Å². The molecule has 2 N–H and O–H groups in total. The summed E-state index contributed by atoms with van der Waals surface area (Å²) >= 11 is 5.89. The maximum Gasteiger partial charge on any atom is 0.224 e. The number of hydrogen-bond donors (Lipinski definition) is 2. The molecule has 1 aliphatic heterocycles. The number of rotatable bonds is 7. The lowest BCUT2D eigenvalue weighted by molar-refractivity contribution is -0.115. The van der Waals surface area contributed by atoms with Crippen LogP contribution in [0.1, 0.15) is 47.9 Å². The summed E-state index contributed by atoms with van der Waals surface area (Å²) in [6.45, 7) is 4.54. The first-order valence-electron chi connectivity index (χ1n) is 12.0. The molecule has 0 unspecified atom stereocenters. The van der Waals surface area contributed by atoms with Gasteiger partial charge in [0.2, 0.25) is 5.91 Å². The summed E-state index contributed by atoms with van der Waals surface area (Å²) in [5.74, 6) is -0.00877. The third-order valence-electron chi connectivity index (χ3n) is 6.42. The lowest BCUT2D eigenvalue weighted by Crippen LogP contribution is -2.30. The Morgan fingerprint density at radius 3 is 2.72 bits per heavy atom. The van der Waals surface area contributed by atoms with E-state index in [1.165, 1.54) is 0 Å². The number of anilines is 2. The van der Waals surface area contributed by atoms with E-state index in [0.717, 1.165) is 33.9 Å². The average Bonchev–Trinajstić information content (AvgIpc) is 3.49. The van der Waals surface area contributed by atoms with Crippen molar-refractivity contribution in [2.75, 3.05) is 10.2 Å². The van der Waals surface area contributed by atoms with Gasteiger partial charge in [-0.25, -0.2) is 0 Å². The van der Waals surface area contributed by atoms with Gasteiger partial charge < -0.3 is 20.1 Å². The van der Waals surface area contributed by atoms with Crippen LogP contribution < -0.4 is 15.5 Å². The third-order valence-corrected chi connectivity index (χ3v) is 6.74. The van der Waals surface area contributed by atoms with Crippen LogP contribution in [0.2, 0.25) is 0 Å². The molecule has 4 heterocycles. The summed E-state index contributed by atoms with van der Waals surface area (Å²) in [6, 6.07) is 19.9. The van der Waals surface area contributed by atoms with Crippen LogP contribution in [-0.4, -0.2) is 25.6 Å². The molecule has 3 aromatic heterocycles. The molecule has 4 aromatic rings. The molecule has 36 heavy (non-hydrogen) atoms. The predicted octanol–water partition coefficient (Wildman–Crippen LogP) is 5.16. The number of hydrogen-bond acceptors (Lipinski definition) is 4. The summed E-state index contributed by atoms with van der Waals surface area (Å²) in [5, 5.41) is 7.13. The molecule has 0 saturated carbocycles. The van der Waals surface area contributed by atoms with Crippen molar-refractivity contribution in [3.05, 3.63) is 108 Å². The molecule has 1 amide bonds. The number of benzene rings is 1. The van der Waals surface area contributed by atoms with Gasteiger partial charge in [0, 0.05) is 54.8 Å². The van der Waals surface area contributed by atoms with Crippen molar-refractivity contribution < 1.29 is 4.79 Å². The highest BCUT2D eigenvalue weighted by atomic mass is 32.1. The van der Waals surface area contributed by atoms with Crippen molar-refractivity contribution in [2.45, 2.75) is 38.9 Å². The van der Waals surface area contributed by atoms with Crippen LogP contribution in [0, 0.1) is 6.92 Å². The average molecular weight is 497 g/mol. The van der Waals surface area contributed by atoms with Crippen LogP contribution in [0.3, 0.4) is 0 Å². The minimum atomic E-state index is -0.138. The van der Waals surface area contributed by atoms with E-state index in [9.17, 15) is 4.79 Å². The highest BCUT2D eigenvalue weighted by Gasteiger charge is 2.42. The number of nitrogens with one attached hydrogen (secondary N) is 2. The fourth-order valence-corrected chi connectivity index (χ4v) is 4.98. The number of nitrogens with zero attached hydrogens (tertiary/aromatic N) is 4. The van der Waals surface area contributed by atoms with Gasteiger partial charge in [-0.15, -0.1) is 0 Å². The van der Waals surface area contributed by atoms with Gasteiger partial charge in [0.25, 0.3) is 0 Å². The van der Waals surface area contributed by atoms with Crippen molar-refractivity contribution in [3.63, 3.8) is 0 Å². The molecule has 1 aliphatic rings. The summed E-state index contributed by atoms with van der Waals surface area (Å²) in [5.41, 5.74) is 5.89. The maximum absolute atomic E-state index is 12.0. The van der Waals surface area contributed by atoms with Gasteiger partial charge in [-0.2, -0.15) is 0 Å². The van der Waals surface area contributed by atoms with E-state index in [2.05, 4.69) is 60.5 Å². The van der Waals surface area contributed by atoms with E-state index >= 15 is 0 Å². The lowest BCUT2D eigenvalue weighted by atomic mass is 10.0. The fraction of sp³-hybridized carbons (Fsp3) is 0.214. The second kappa shape index (κ2) is 10.3. The number of carbonyl (C=O) groups is 1. The molecule has 0 radical (unpaired) electrons. The number of pyridine rings is 2. The fourth-order valence-electron chi connectivity index (χ4n) is 4.64. The Bertz CT molecular complexity index is 1370. The summed E-state index contributed by atoms with van der Waals surface area (Å²) in [4.78, 5) is 23.0. The molecule has 2 atom stereocenters. The Morgan fingerprint density at radius 2 is 2.00 bits per heavy atom. The van der Waals surface area contributed by atoms with Gasteiger partial charge in [-0.05, 0) is 78.8 Å². The van der Waals surface area contributed by atoms with E-state index in [-0.39, 0.29) is 18.0 Å². The Labute approximate surface area is 216 Å². The van der Waals surface area contributed by atoms with Crippen LogP contribution in [0.5, 0.6) is 0 Å². The van der Waals surface area contributed by atoms with E-state index in [1.54, 1.807) is 6.20 Å². The highest BCUT2D eigenvalue weighted by Crippen LogP contribution is 2.42. The molecule has 1 fully saturated rings. The Hall–Kier alpha value is -4.04. The minimum absolute atomic E-state index is 0.00877. The van der Waals surface area contributed by atoms with E-state index < -0.39 is 0 Å². The largest absolute Gasteiger partial charge is 0.351 e. The number of aryl methyl sites for hydroxylation is 1. The second-order valence-electron chi connectivity index (χ2n) is 8.82. The zero-order chi connectivity index (χ0) is 25.1. The maximum atomic E-state index is 12.0. The van der Waals surface area contributed by atoms with Gasteiger partial charge in [0.05, 0.1) is 11.7 Å². The highest BCUT2D eigenvalue weighted by molar-refractivity contribution is 7.80. The zero-order valence-corrected chi connectivity index (χ0v) is 21.1. The molecule has 0 spiro atoms. The number of carbonyl (C=O) groups excluding carboxylic acids is 1. The first-order chi connectivity index (χ1) is 17.5. The molecule has 1 saturated heterocycles. The lowest BCUT2D eigenvalue weighted by Gasteiger charge is -2.29. The van der Waals surface area contributed by atoms with Crippen molar-refractivity contribution in [3.8, 4) is 0 Å². The molecule has 7 nitrogen and oxygen atoms in total. The summed E-state index contributed by atoms with van der Waals surface area (Å²) in [6.07, 6.45) is 8.01. The zero-order valence-electron chi connectivity index (χ0n) is 20.3. The molecule has 182 valence electrons. The van der Waals surface area contributed by atoms with E-state index in [4.69, 9.17) is 12.2 Å². The smallest absolute Gasteiger partial charge is 0.224 e. The summed E-state index contributed by atoms with van der Waals surface area (Å²) in [7, 11) is 0. The first-order valence-corrected chi connectivity index (χ1v) is 12.4. The Morgan fingerprint density at radius 1 is 1.11 bits per heavy atom. The molecule has 1 aromatic carbocycles. The van der Waals surface area contributed by atoms with Crippen molar-refractivity contribution in [2.24, 2.45) is 0 Å². The molecular weight excluding hydrogens is 468 g/mol. The van der Waals surface area contributed by atoms with Crippen LogP contribution in [-0.2, 0) is 11.3 Å². The predicted molar refractivity (Wildman–Crippen MR) is 146 cm³/mol. The second-order valence-corrected chi connectivity index (χ2v) is 9.21. The first kappa shape index (κ1) is 23.7. The summed E-state index contributed by atoms with van der Waals surface area (Å²) < 4.78 is 2.24. The minimum Gasteiger partial charge on any atom is -0.351 e. The van der Waals surface area contributed by atoms with Crippen molar-refractivity contribution >= 4 is 34.6 Å². The van der Waals surface area contributed by atoms with Gasteiger partial charge in [-0.3, -0.25) is 14.8 Å². The number of thiocarbonyl (C=S) groups is 1. The van der Waals surface area contributed by atoms with Crippen molar-refractivity contribution in [1.82, 2.24) is 19.9 Å². The third kappa shape index (κ3) is 4.72. The van der Waals surface area contributed by atoms with E-state index in [0.29, 0.717) is 18.1 Å². The van der Waals surface area contributed by atoms with Crippen LogP contribution in [0.4, 0.5) is 11.4 Å². The Balaban J connectivity index is 1.56. The SMILES string of the molecule is CCC(=O)Nc1ccc(N2C(=S)N[C@H](c3ccccn3)[C@@H]2c2cccn2Cc2cccnc2)cc1C. The van der Waals surface area contributed by atoms with E-state index in [1.807, 2.05) is 62.6 Å². The molecule has 0 aliphatic carbocycles. The normalized spacial score (nSPS) is 17.2. The molecule has 5 rings (SSSR count).